The van der Waals surface area contributed by atoms with Crippen molar-refractivity contribution in [2.45, 2.75) is 19.3 Å². The lowest BCUT2D eigenvalue weighted by Crippen LogP contribution is -2.14. The van der Waals surface area contributed by atoms with Gasteiger partial charge in [-0.15, -0.1) is 0 Å². The second-order valence-corrected chi connectivity index (χ2v) is 17.9. The molecule has 66 heavy (non-hydrogen) atoms. The summed E-state index contributed by atoms with van der Waals surface area (Å²) in [5.74, 6) is 0.702. The molecular weight excluding hydrogens is 801 g/mol. The van der Waals surface area contributed by atoms with Gasteiger partial charge in [0.05, 0.1) is 33.6 Å². The zero-order valence-corrected chi connectivity index (χ0v) is 36.6. The third-order valence-corrected chi connectivity index (χ3v) is 13.8. The van der Waals surface area contributed by atoms with Gasteiger partial charge in [0.25, 0.3) is 0 Å². The van der Waals surface area contributed by atoms with E-state index in [0.717, 1.165) is 72.4 Å². The molecule has 3 heterocycles. The molecule has 1 aliphatic carbocycles. The zero-order chi connectivity index (χ0) is 43.9. The normalized spacial score (nSPS) is 12.8. The molecule has 0 saturated heterocycles. The van der Waals surface area contributed by atoms with Crippen LogP contribution >= 0.6 is 0 Å². The van der Waals surface area contributed by atoms with Crippen molar-refractivity contribution in [3.63, 3.8) is 0 Å². The third kappa shape index (κ3) is 5.88. The summed E-state index contributed by atoms with van der Waals surface area (Å²) >= 11 is 0. The van der Waals surface area contributed by atoms with Crippen molar-refractivity contribution in [3.8, 4) is 73.1 Å². The van der Waals surface area contributed by atoms with Gasteiger partial charge in [-0.25, -0.2) is 15.0 Å². The summed E-state index contributed by atoms with van der Waals surface area (Å²) in [5.41, 5.74) is 18.7. The van der Waals surface area contributed by atoms with Crippen LogP contribution < -0.4 is 0 Å². The lowest BCUT2D eigenvalue weighted by Gasteiger charge is -2.22. The van der Waals surface area contributed by atoms with Crippen molar-refractivity contribution in [3.05, 3.63) is 230 Å². The Morgan fingerprint density at radius 2 is 0.970 bits per heavy atom. The van der Waals surface area contributed by atoms with Gasteiger partial charge in [0.15, 0.2) is 5.82 Å². The molecule has 9 aromatic carbocycles. The van der Waals surface area contributed by atoms with Crippen molar-refractivity contribution in [2.24, 2.45) is 0 Å². The Labute approximate surface area is 383 Å². The molecule has 13 rings (SSSR count). The number of hydrogen-bond acceptors (Lipinski definition) is 3. The molecule has 0 spiro atoms. The standard InChI is InChI=1S/C62H42N4/c1-62(2)52-27-14-12-23-46(52)47-34-33-43(37-53(47)62)55-38-54(63-61(64-55)42-19-8-4-9-20-42)40-31-29-39(30-32-40)45-25-16-26-50-57-51(58(65-59(45)50)41-17-6-3-7-18-41)36-35-49-48-24-13-15-28-56(48)66(60(49)57)44-21-10-5-11-22-44/h3-38H,1-2H3. The number of pyridine rings is 1. The molecule has 0 saturated carbocycles. The molecule has 4 heteroatoms. The minimum absolute atomic E-state index is 0.118. The molecule has 0 bridgehead atoms. The molecule has 310 valence electrons. The predicted octanol–water partition coefficient (Wildman–Crippen LogP) is 15.9. The van der Waals surface area contributed by atoms with Gasteiger partial charge in [-0.3, -0.25) is 0 Å². The molecule has 0 fully saturated rings. The number of fused-ring (bicyclic) bond motifs is 10. The maximum atomic E-state index is 5.60. The minimum Gasteiger partial charge on any atom is -0.309 e. The summed E-state index contributed by atoms with van der Waals surface area (Å²) in [6, 6.07) is 78.2. The van der Waals surface area contributed by atoms with Crippen LogP contribution in [-0.4, -0.2) is 19.5 Å². The van der Waals surface area contributed by atoms with Crippen LogP contribution in [0.3, 0.4) is 0 Å². The summed E-state index contributed by atoms with van der Waals surface area (Å²) in [6.45, 7) is 4.65. The SMILES string of the molecule is CC1(C)c2ccccc2-c2ccc(-c3cc(-c4ccc(-c5cccc6c5nc(-c5ccccc5)c5ccc7c8ccccc8n(-c8ccccc8)c7c56)cc4)nc(-c4ccccc4)n3)cc21. The Hall–Kier alpha value is -8.47. The molecule has 0 amide bonds. The van der Waals surface area contributed by atoms with E-state index in [2.05, 4.69) is 219 Å². The van der Waals surface area contributed by atoms with E-state index in [4.69, 9.17) is 15.0 Å². The van der Waals surface area contributed by atoms with Gasteiger partial charge in [0.1, 0.15) is 0 Å². The molecule has 0 radical (unpaired) electrons. The first-order chi connectivity index (χ1) is 32.5. The van der Waals surface area contributed by atoms with Crippen LogP contribution in [-0.2, 0) is 5.41 Å². The highest BCUT2D eigenvalue weighted by Gasteiger charge is 2.35. The lowest BCUT2D eigenvalue weighted by molar-refractivity contribution is 0.660. The molecule has 0 N–H and O–H groups in total. The van der Waals surface area contributed by atoms with Gasteiger partial charge in [-0.1, -0.05) is 202 Å². The number of nitrogens with zero attached hydrogens (tertiary/aromatic N) is 4. The van der Waals surface area contributed by atoms with Crippen LogP contribution in [0.1, 0.15) is 25.0 Å². The summed E-state index contributed by atoms with van der Waals surface area (Å²) < 4.78 is 2.44. The Bertz CT molecular complexity index is 3870. The Morgan fingerprint density at radius 1 is 0.379 bits per heavy atom. The maximum absolute atomic E-state index is 5.60. The molecule has 1 aliphatic rings. The van der Waals surface area contributed by atoms with E-state index in [9.17, 15) is 0 Å². The third-order valence-electron chi connectivity index (χ3n) is 13.8. The summed E-state index contributed by atoms with van der Waals surface area (Å²) in [7, 11) is 0. The van der Waals surface area contributed by atoms with Crippen LogP contribution in [0.4, 0.5) is 0 Å². The molecular formula is C62H42N4. The monoisotopic (exact) mass is 842 g/mol. The van der Waals surface area contributed by atoms with Gasteiger partial charge in [-0.2, -0.15) is 0 Å². The summed E-state index contributed by atoms with van der Waals surface area (Å²) in [4.78, 5) is 16.0. The van der Waals surface area contributed by atoms with E-state index in [1.165, 1.54) is 49.4 Å². The van der Waals surface area contributed by atoms with Crippen molar-refractivity contribution in [1.29, 1.82) is 0 Å². The fourth-order valence-electron chi connectivity index (χ4n) is 10.6. The van der Waals surface area contributed by atoms with E-state index in [1.54, 1.807) is 0 Å². The smallest absolute Gasteiger partial charge is 0.160 e. The van der Waals surface area contributed by atoms with Gasteiger partial charge >= 0.3 is 0 Å². The fourth-order valence-corrected chi connectivity index (χ4v) is 10.6. The Morgan fingerprint density at radius 3 is 1.76 bits per heavy atom. The van der Waals surface area contributed by atoms with Crippen LogP contribution in [0.2, 0.25) is 0 Å². The number of rotatable bonds is 6. The highest BCUT2D eigenvalue weighted by Crippen LogP contribution is 2.50. The van der Waals surface area contributed by atoms with Crippen LogP contribution in [0.15, 0.2) is 218 Å². The van der Waals surface area contributed by atoms with Crippen LogP contribution in [0.5, 0.6) is 0 Å². The number of benzene rings is 9. The first-order valence-electron chi connectivity index (χ1n) is 22.7. The first kappa shape index (κ1) is 38.0. The quantitative estimate of drug-likeness (QED) is 0.157. The largest absolute Gasteiger partial charge is 0.309 e. The summed E-state index contributed by atoms with van der Waals surface area (Å²) in [5, 5.41) is 5.88. The maximum Gasteiger partial charge on any atom is 0.160 e. The fraction of sp³-hybridized carbons (Fsp3) is 0.0484. The highest BCUT2D eigenvalue weighted by atomic mass is 15.0. The average Bonchev–Trinajstić information content (AvgIpc) is 3.84. The lowest BCUT2D eigenvalue weighted by atomic mass is 9.82. The van der Waals surface area contributed by atoms with Crippen molar-refractivity contribution in [2.75, 3.05) is 0 Å². The van der Waals surface area contributed by atoms with E-state index >= 15 is 0 Å². The number of para-hydroxylation sites is 3. The molecule has 0 atom stereocenters. The van der Waals surface area contributed by atoms with Gasteiger partial charge in [0.2, 0.25) is 0 Å². The minimum atomic E-state index is -0.118. The second kappa shape index (κ2) is 14.8. The average molecular weight is 843 g/mol. The van der Waals surface area contributed by atoms with Crippen molar-refractivity contribution >= 4 is 43.5 Å². The molecule has 0 unspecified atom stereocenters. The molecule has 3 aromatic heterocycles. The van der Waals surface area contributed by atoms with E-state index in [-0.39, 0.29) is 5.41 Å². The zero-order valence-electron chi connectivity index (χ0n) is 36.6. The van der Waals surface area contributed by atoms with Gasteiger partial charge < -0.3 is 4.57 Å². The van der Waals surface area contributed by atoms with E-state index in [1.807, 2.05) is 18.2 Å². The molecule has 4 nitrogen and oxygen atoms in total. The van der Waals surface area contributed by atoms with Crippen molar-refractivity contribution < 1.29 is 0 Å². The number of hydrogen-bond donors (Lipinski definition) is 0. The molecule has 0 aliphatic heterocycles. The van der Waals surface area contributed by atoms with E-state index in [0.29, 0.717) is 5.82 Å². The van der Waals surface area contributed by atoms with Gasteiger partial charge in [0, 0.05) is 65.9 Å². The van der Waals surface area contributed by atoms with Crippen molar-refractivity contribution in [1.82, 2.24) is 19.5 Å². The molecule has 12 aromatic rings. The number of aromatic nitrogens is 4. The Kier molecular flexibility index (Phi) is 8.53. The first-order valence-corrected chi connectivity index (χ1v) is 22.7. The highest BCUT2D eigenvalue weighted by molar-refractivity contribution is 6.28. The second-order valence-electron chi connectivity index (χ2n) is 17.9. The van der Waals surface area contributed by atoms with Crippen LogP contribution in [0, 0.1) is 0 Å². The van der Waals surface area contributed by atoms with Crippen LogP contribution in [0.25, 0.3) is 117 Å². The Balaban J connectivity index is 0.989. The van der Waals surface area contributed by atoms with Gasteiger partial charge in [-0.05, 0) is 58.1 Å². The van der Waals surface area contributed by atoms with E-state index < -0.39 is 0 Å². The topological polar surface area (TPSA) is 43.6 Å². The summed E-state index contributed by atoms with van der Waals surface area (Å²) in [6.07, 6.45) is 0. The predicted molar refractivity (Wildman–Crippen MR) is 274 cm³/mol.